The van der Waals surface area contributed by atoms with E-state index in [1.165, 1.54) is 0 Å². The van der Waals surface area contributed by atoms with Crippen LogP contribution in [0.3, 0.4) is 0 Å². The van der Waals surface area contributed by atoms with Gasteiger partial charge in [-0.1, -0.05) is 0 Å². The first kappa shape index (κ1) is 10.3. The van der Waals surface area contributed by atoms with Crippen LogP contribution in [0.15, 0.2) is 18.2 Å². The summed E-state index contributed by atoms with van der Waals surface area (Å²) in [4.78, 5) is 0. The summed E-state index contributed by atoms with van der Waals surface area (Å²) in [5.41, 5.74) is 0. The molecule has 2 unspecified atom stereocenters. The largest absolute Gasteiger partial charge is 0.489 e. The Morgan fingerprint density at radius 1 is 1.24 bits per heavy atom. The zero-order valence-corrected chi connectivity index (χ0v) is 9.39. The second kappa shape index (κ2) is 4.17. The molecular formula is C13H13NO3. The van der Waals surface area contributed by atoms with Gasteiger partial charge in [0, 0.05) is 6.07 Å². The molecule has 0 amide bonds. The topological polar surface area (TPSA) is 51.5 Å². The SMILES string of the molecule is N#CC1CCCC1Oc1ccc2c(c1)OCO2. The van der Waals surface area contributed by atoms with Crippen LogP contribution in [0.25, 0.3) is 0 Å². The molecule has 0 spiro atoms. The van der Waals surface area contributed by atoms with Crippen LogP contribution in [-0.2, 0) is 0 Å². The first-order valence-corrected chi connectivity index (χ1v) is 5.83. The van der Waals surface area contributed by atoms with Gasteiger partial charge in [0.25, 0.3) is 0 Å². The lowest BCUT2D eigenvalue weighted by Gasteiger charge is -2.16. The first-order chi connectivity index (χ1) is 8.36. The minimum atomic E-state index is 0.0142. The smallest absolute Gasteiger partial charge is 0.231 e. The molecule has 1 aliphatic heterocycles. The highest BCUT2D eigenvalue weighted by Gasteiger charge is 2.29. The Morgan fingerprint density at radius 2 is 2.12 bits per heavy atom. The Kier molecular flexibility index (Phi) is 2.52. The number of benzene rings is 1. The molecule has 2 aliphatic rings. The summed E-state index contributed by atoms with van der Waals surface area (Å²) in [6.07, 6.45) is 2.96. The van der Waals surface area contributed by atoms with E-state index in [4.69, 9.17) is 19.5 Å². The van der Waals surface area contributed by atoms with Crippen molar-refractivity contribution in [2.24, 2.45) is 5.92 Å². The van der Waals surface area contributed by atoms with Crippen molar-refractivity contribution in [2.45, 2.75) is 25.4 Å². The van der Waals surface area contributed by atoms with Gasteiger partial charge in [-0.25, -0.2) is 0 Å². The van der Waals surface area contributed by atoms with Crippen LogP contribution >= 0.6 is 0 Å². The molecule has 1 aromatic carbocycles. The standard InChI is InChI=1S/C13H13NO3/c14-7-9-2-1-3-11(9)17-10-4-5-12-13(6-10)16-8-15-12/h4-6,9,11H,1-3,8H2. The molecule has 88 valence electrons. The van der Waals surface area contributed by atoms with Crippen LogP contribution in [-0.4, -0.2) is 12.9 Å². The maximum atomic E-state index is 8.99. The molecule has 4 heteroatoms. The van der Waals surface area contributed by atoms with E-state index in [0.717, 1.165) is 30.8 Å². The Labute approximate surface area is 99.7 Å². The van der Waals surface area contributed by atoms with Gasteiger partial charge in [-0.2, -0.15) is 5.26 Å². The third kappa shape index (κ3) is 1.89. The van der Waals surface area contributed by atoms with E-state index < -0.39 is 0 Å². The van der Waals surface area contributed by atoms with Crippen molar-refractivity contribution >= 4 is 0 Å². The fourth-order valence-electron chi connectivity index (χ4n) is 2.34. The summed E-state index contributed by atoms with van der Waals surface area (Å²) in [6, 6.07) is 7.84. The van der Waals surface area contributed by atoms with Crippen LogP contribution in [0, 0.1) is 17.2 Å². The molecule has 3 rings (SSSR count). The van der Waals surface area contributed by atoms with Gasteiger partial charge in [0.1, 0.15) is 11.9 Å². The van der Waals surface area contributed by atoms with Gasteiger partial charge in [-0.15, -0.1) is 0 Å². The normalized spacial score (nSPS) is 25.6. The van der Waals surface area contributed by atoms with Gasteiger partial charge < -0.3 is 14.2 Å². The third-order valence-electron chi connectivity index (χ3n) is 3.25. The predicted octanol–water partition coefficient (Wildman–Crippen LogP) is 2.49. The highest BCUT2D eigenvalue weighted by molar-refractivity contribution is 5.46. The van der Waals surface area contributed by atoms with Gasteiger partial charge >= 0.3 is 0 Å². The minimum absolute atomic E-state index is 0.0142. The van der Waals surface area contributed by atoms with E-state index in [1.54, 1.807) is 0 Å². The molecule has 1 saturated carbocycles. The Morgan fingerprint density at radius 3 is 3.00 bits per heavy atom. The maximum absolute atomic E-state index is 8.99. The zero-order valence-electron chi connectivity index (χ0n) is 9.39. The average molecular weight is 231 g/mol. The number of nitrogens with zero attached hydrogens (tertiary/aromatic N) is 1. The van der Waals surface area contributed by atoms with Crippen LogP contribution in [0.1, 0.15) is 19.3 Å². The van der Waals surface area contributed by atoms with Crippen molar-refractivity contribution in [3.05, 3.63) is 18.2 Å². The minimum Gasteiger partial charge on any atom is -0.489 e. The number of hydrogen-bond donors (Lipinski definition) is 0. The molecule has 1 fully saturated rings. The Hall–Kier alpha value is -1.89. The van der Waals surface area contributed by atoms with E-state index >= 15 is 0 Å². The number of rotatable bonds is 2. The maximum Gasteiger partial charge on any atom is 0.231 e. The molecule has 1 heterocycles. The lowest BCUT2D eigenvalue weighted by Crippen LogP contribution is -2.19. The highest BCUT2D eigenvalue weighted by Crippen LogP contribution is 2.37. The summed E-state index contributed by atoms with van der Waals surface area (Å²) in [5, 5.41) is 8.99. The van der Waals surface area contributed by atoms with Crippen molar-refractivity contribution in [3.63, 3.8) is 0 Å². The van der Waals surface area contributed by atoms with Crippen molar-refractivity contribution in [1.82, 2.24) is 0 Å². The number of ether oxygens (including phenoxy) is 3. The molecule has 4 nitrogen and oxygen atoms in total. The molecule has 17 heavy (non-hydrogen) atoms. The van der Waals surface area contributed by atoms with Crippen LogP contribution < -0.4 is 14.2 Å². The summed E-state index contributed by atoms with van der Waals surface area (Å²) in [5.74, 6) is 2.23. The molecule has 1 aliphatic carbocycles. The van der Waals surface area contributed by atoms with Gasteiger partial charge in [-0.05, 0) is 31.4 Å². The fraction of sp³-hybridized carbons (Fsp3) is 0.462. The molecule has 2 atom stereocenters. The van der Waals surface area contributed by atoms with E-state index in [2.05, 4.69) is 6.07 Å². The van der Waals surface area contributed by atoms with E-state index in [-0.39, 0.29) is 18.8 Å². The van der Waals surface area contributed by atoms with E-state index in [0.29, 0.717) is 5.75 Å². The summed E-state index contributed by atoms with van der Waals surface area (Å²) in [7, 11) is 0. The van der Waals surface area contributed by atoms with Gasteiger partial charge in [0.15, 0.2) is 11.5 Å². The monoisotopic (exact) mass is 231 g/mol. The van der Waals surface area contributed by atoms with Gasteiger partial charge in [0.2, 0.25) is 6.79 Å². The summed E-state index contributed by atoms with van der Waals surface area (Å²) in [6.45, 7) is 0.267. The molecule has 0 radical (unpaired) electrons. The molecule has 0 bridgehead atoms. The first-order valence-electron chi connectivity index (χ1n) is 5.83. The van der Waals surface area contributed by atoms with Crippen molar-refractivity contribution in [2.75, 3.05) is 6.79 Å². The van der Waals surface area contributed by atoms with Crippen molar-refractivity contribution in [3.8, 4) is 23.3 Å². The van der Waals surface area contributed by atoms with E-state index in [9.17, 15) is 0 Å². The second-order valence-electron chi connectivity index (χ2n) is 4.34. The predicted molar refractivity (Wildman–Crippen MR) is 59.9 cm³/mol. The van der Waals surface area contributed by atoms with E-state index in [1.807, 2.05) is 18.2 Å². The van der Waals surface area contributed by atoms with Crippen LogP contribution in [0.2, 0.25) is 0 Å². The van der Waals surface area contributed by atoms with Crippen LogP contribution in [0.5, 0.6) is 17.2 Å². The fourth-order valence-corrected chi connectivity index (χ4v) is 2.34. The molecule has 0 aromatic heterocycles. The van der Waals surface area contributed by atoms with Crippen LogP contribution in [0.4, 0.5) is 0 Å². The average Bonchev–Trinajstić information content (AvgIpc) is 2.96. The Bertz CT molecular complexity index is 466. The molecule has 1 aromatic rings. The van der Waals surface area contributed by atoms with Crippen molar-refractivity contribution < 1.29 is 14.2 Å². The highest BCUT2D eigenvalue weighted by atomic mass is 16.7. The quantitative estimate of drug-likeness (QED) is 0.784. The van der Waals surface area contributed by atoms with Crippen molar-refractivity contribution in [1.29, 1.82) is 5.26 Å². The zero-order chi connectivity index (χ0) is 11.7. The lowest BCUT2D eigenvalue weighted by atomic mass is 10.1. The van der Waals surface area contributed by atoms with Gasteiger partial charge in [-0.3, -0.25) is 0 Å². The van der Waals surface area contributed by atoms with Gasteiger partial charge in [0.05, 0.1) is 12.0 Å². The molecular weight excluding hydrogens is 218 g/mol. The Balaban J connectivity index is 1.75. The summed E-state index contributed by atoms with van der Waals surface area (Å²) < 4.78 is 16.4. The number of hydrogen-bond acceptors (Lipinski definition) is 4. The number of fused-ring (bicyclic) bond motifs is 1. The number of nitriles is 1. The second-order valence-corrected chi connectivity index (χ2v) is 4.34. The third-order valence-corrected chi connectivity index (χ3v) is 3.25. The lowest BCUT2D eigenvalue weighted by molar-refractivity contribution is 0.172. The summed E-state index contributed by atoms with van der Waals surface area (Å²) >= 11 is 0. The molecule has 0 N–H and O–H groups in total. The molecule has 0 saturated heterocycles.